The summed E-state index contributed by atoms with van der Waals surface area (Å²) in [6.45, 7) is 3.77. The van der Waals surface area contributed by atoms with E-state index in [4.69, 9.17) is 27.9 Å². The number of hydrogen-bond acceptors (Lipinski definition) is 2. The third kappa shape index (κ3) is 4.30. The van der Waals surface area contributed by atoms with E-state index in [0.29, 0.717) is 5.02 Å². The Morgan fingerprint density at radius 3 is 2.22 bits per heavy atom. The summed E-state index contributed by atoms with van der Waals surface area (Å²) in [6.07, 6.45) is -3.45. The minimum absolute atomic E-state index is 0.0397. The number of rotatable bonds is 4. The van der Waals surface area contributed by atoms with Gasteiger partial charge in [-0.15, -0.1) is 0 Å². The van der Waals surface area contributed by atoms with E-state index in [9.17, 15) is 13.2 Å². The molecule has 0 spiro atoms. The smallest absolute Gasteiger partial charge is 0.422 e. The lowest BCUT2D eigenvalue weighted by molar-refractivity contribution is -0.139. The van der Waals surface area contributed by atoms with Gasteiger partial charge in [-0.25, -0.2) is 4.98 Å². The second kappa shape index (κ2) is 6.57. The van der Waals surface area contributed by atoms with Gasteiger partial charge in [-0.05, 0) is 23.8 Å². The van der Waals surface area contributed by atoms with Crippen LogP contribution in [0.4, 0.5) is 13.2 Å². The van der Waals surface area contributed by atoms with Crippen molar-refractivity contribution in [1.29, 1.82) is 0 Å². The van der Waals surface area contributed by atoms with Gasteiger partial charge in [0.25, 0.3) is 0 Å². The summed E-state index contributed by atoms with van der Waals surface area (Å²) in [6, 6.07) is 8.24. The van der Waals surface area contributed by atoms with Gasteiger partial charge in [0.2, 0.25) is 0 Å². The lowest BCUT2D eigenvalue weighted by Crippen LogP contribution is -2.27. The van der Waals surface area contributed by atoms with Crippen LogP contribution in [0.25, 0.3) is 0 Å². The number of ether oxygens (including phenoxy) is 1. The molecule has 7 heteroatoms. The van der Waals surface area contributed by atoms with E-state index >= 15 is 0 Å². The molecule has 124 valence electrons. The Morgan fingerprint density at radius 1 is 1.04 bits per heavy atom. The fraction of sp³-hybridized carbons (Fsp3) is 0.312. The summed E-state index contributed by atoms with van der Waals surface area (Å²) in [5, 5.41) is -0.0370. The van der Waals surface area contributed by atoms with E-state index in [0.717, 1.165) is 11.6 Å². The molecule has 0 radical (unpaired) electrons. The van der Waals surface area contributed by atoms with Gasteiger partial charge in [-0.2, -0.15) is 13.2 Å². The molecule has 0 fully saturated rings. The van der Waals surface area contributed by atoms with E-state index in [-0.39, 0.29) is 12.4 Å². The number of hydrogen-bond donors (Lipinski definition) is 0. The summed E-state index contributed by atoms with van der Waals surface area (Å²) >= 11 is 11.4. The largest absolute Gasteiger partial charge is 0.492 e. The average Bonchev–Trinajstić information content (AvgIpc) is 2.44. The van der Waals surface area contributed by atoms with Crippen molar-refractivity contribution in [3.63, 3.8) is 0 Å². The Kier molecular flexibility index (Phi) is 5.11. The predicted octanol–water partition coefficient (Wildman–Crippen LogP) is 5.76. The van der Waals surface area contributed by atoms with Gasteiger partial charge in [-0.3, -0.25) is 0 Å². The van der Waals surface area contributed by atoms with E-state index < -0.39 is 22.3 Å². The SMILES string of the molecule is CC(C)(COc1ccnc(Cl)c1C(F)(F)F)c1ccc(Cl)cc1. The molecular formula is C16H14Cl2F3NO. The van der Waals surface area contributed by atoms with Crippen molar-refractivity contribution < 1.29 is 17.9 Å². The molecule has 0 aliphatic rings. The van der Waals surface area contributed by atoms with Crippen LogP contribution in [0, 0.1) is 0 Å². The molecule has 0 unspecified atom stereocenters. The molecule has 1 aromatic carbocycles. The normalized spacial score (nSPS) is 12.3. The summed E-state index contributed by atoms with van der Waals surface area (Å²) in [4.78, 5) is 3.47. The van der Waals surface area contributed by atoms with Crippen molar-refractivity contribution >= 4 is 23.2 Å². The number of alkyl halides is 3. The third-order valence-electron chi connectivity index (χ3n) is 3.36. The Labute approximate surface area is 142 Å². The number of halogens is 5. The summed E-state index contributed by atoms with van der Waals surface area (Å²) in [7, 11) is 0. The minimum atomic E-state index is -4.63. The maximum Gasteiger partial charge on any atom is 0.422 e. The predicted molar refractivity (Wildman–Crippen MR) is 84.2 cm³/mol. The highest BCUT2D eigenvalue weighted by atomic mass is 35.5. The van der Waals surface area contributed by atoms with Crippen LogP contribution in [0.1, 0.15) is 25.0 Å². The van der Waals surface area contributed by atoms with Crippen LogP contribution < -0.4 is 4.74 Å². The molecule has 0 amide bonds. The maximum absolute atomic E-state index is 13.1. The van der Waals surface area contributed by atoms with Crippen molar-refractivity contribution in [2.24, 2.45) is 0 Å². The molecule has 23 heavy (non-hydrogen) atoms. The topological polar surface area (TPSA) is 22.1 Å². The first-order valence-corrected chi connectivity index (χ1v) is 7.47. The van der Waals surface area contributed by atoms with Crippen LogP contribution in [-0.4, -0.2) is 11.6 Å². The highest BCUT2D eigenvalue weighted by molar-refractivity contribution is 6.30. The first-order valence-electron chi connectivity index (χ1n) is 6.72. The molecule has 0 aliphatic heterocycles. The molecule has 1 heterocycles. The van der Waals surface area contributed by atoms with Crippen LogP contribution in [0.15, 0.2) is 36.5 Å². The van der Waals surface area contributed by atoms with Crippen LogP contribution >= 0.6 is 23.2 Å². The maximum atomic E-state index is 13.1. The molecule has 0 aliphatic carbocycles. The zero-order chi connectivity index (χ0) is 17.3. The molecular weight excluding hydrogens is 350 g/mol. The van der Waals surface area contributed by atoms with Gasteiger partial charge in [0.05, 0.1) is 6.61 Å². The number of nitrogens with zero attached hydrogens (tertiary/aromatic N) is 1. The Balaban J connectivity index is 2.24. The summed E-state index contributed by atoms with van der Waals surface area (Å²) in [5.41, 5.74) is -0.674. The Bertz CT molecular complexity index is 685. The van der Waals surface area contributed by atoms with Gasteiger partial charge in [0.15, 0.2) is 0 Å². The molecule has 0 saturated carbocycles. The summed E-state index contributed by atoms with van der Waals surface area (Å²) < 4.78 is 44.6. The van der Waals surface area contributed by atoms with Gasteiger partial charge >= 0.3 is 6.18 Å². The second-order valence-electron chi connectivity index (χ2n) is 5.65. The zero-order valence-corrected chi connectivity index (χ0v) is 13.9. The van der Waals surface area contributed by atoms with Gasteiger partial charge in [-0.1, -0.05) is 49.2 Å². The van der Waals surface area contributed by atoms with Crippen molar-refractivity contribution in [2.45, 2.75) is 25.4 Å². The highest BCUT2D eigenvalue weighted by Crippen LogP contribution is 2.40. The van der Waals surface area contributed by atoms with Crippen molar-refractivity contribution in [3.05, 3.63) is 57.8 Å². The number of benzene rings is 1. The van der Waals surface area contributed by atoms with E-state index in [1.807, 2.05) is 26.0 Å². The monoisotopic (exact) mass is 363 g/mol. The van der Waals surface area contributed by atoms with E-state index in [1.165, 1.54) is 6.20 Å². The second-order valence-corrected chi connectivity index (χ2v) is 6.45. The third-order valence-corrected chi connectivity index (χ3v) is 3.90. The molecule has 0 saturated heterocycles. The molecule has 2 nitrogen and oxygen atoms in total. The Hall–Kier alpha value is -1.46. The Morgan fingerprint density at radius 2 is 1.65 bits per heavy atom. The first-order chi connectivity index (χ1) is 10.6. The molecule has 0 N–H and O–H groups in total. The molecule has 2 rings (SSSR count). The minimum Gasteiger partial charge on any atom is -0.492 e. The standard InChI is InChI=1S/C16H14Cl2F3NO/c1-15(2,10-3-5-11(17)6-4-10)9-23-12-7-8-22-14(18)13(12)16(19,20)21/h3-8H,9H2,1-2H3. The highest BCUT2D eigenvalue weighted by Gasteiger charge is 2.38. The first kappa shape index (κ1) is 17.9. The zero-order valence-electron chi connectivity index (χ0n) is 12.4. The van der Waals surface area contributed by atoms with Gasteiger partial charge in [0.1, 0.15) is 16.5 Å². The van der Waals surface area contributed by atoms with Gasteiger partial charge in [0, 0.05) is 16.6 Å². The van der Waals surface area contributed by atoms with Crippen LogP contribution in [0.2, 0.25) is 10.2 Å². The average molecular weight is 364 g/mol. The fourth-order valence-electron chi connectivity index (χ4n) is 2.04. The molecule has 0 bridgehead atoms. The fourth-order valence-corrected chi connectivity index (χ4v) is 2.42. The van der Waals surface area contributed by atoms with E-state index in [1.54, 1.807) is 12.1 Å². The van der Waals surface area contributed by atoms with Crippen LogP contribution in [0.5, 0.6) is 5.75 Å². The quantitative estimate of drug-likeness (QED) is 0.643. The summed E-state index contributed by atoms with van der Waals surface area (Å²) in [5.74, 6) is -0.334. The lowest BCUT2D eigenvalue weighted by Gasteiger charge is -2.26. The lowest BCUT2D eigenvalue weighted by atomic mass is 9.85. The number of aromatic nitrogens is 1. The van der Waals surface area contributed by atoms with Crippen LogP contribution in [-0.2, 0) is 11.6 Å². The van der Waals surface area contributed by atoms with E-state index in [2.05, 4.69) is 4.98 Å². The van der Waals surface area contributed by atoms with Crippen molar-refractivity contribution in [2.75, 3.05) is 6.61 Å². The van der Waals surface area contributed by atoms with Crippen molar-refractivity contribution in [1.82, 2.24) is 4.98 Å². The molecule has 2 aromatic rings. The van der Waals surface area contributed by atoms with Crippen LogP contribution in [0.3, 0.4) is 0 Å². The molecule has 0 atom stereocenters. The van der Waals surface area contributed by atoms with Crippen molar-refractivity contribution in [3.8, 4) is 5.75 Å². The number of pyridine rings is 1. The molecule has 1 aromatic heterocycles. The van der Waals surface area contributed by atoms with Gasteiger partial charge < -0.3 is 4.74 Å².